The Kier molecular flexibility index (Phi) is 5.89. The van der Waals surface area contributed by atoms with Crippen LogP contribution in [0.15, 0.2) is 60.8 Å². The summed E-state index contributed by atoms with van der Waals surface area (Å²) in [7, 11) is 3.17. The Balaban J connectivity index is 1.80. The fourth-order valence-corrected chi connectivity index (χ4v) is 3.44. The molecule has 32 heavy (non-hydrogen) atoms. The van der Waals surface area contributed by atoms with E-state index in [0.29, 0.717) is 34.4 Å². The predicted molar refractivity (Wildman–Crippen MR) is 124 cm³/mol. The van der Waals surface area contributed by atoms with E-state index in [1.807, 2.05) is 55.5 Å². The van der Waals surface area contributed by atoms with Gasteiger partial charge < -0.3 is 19.5 Å². The summed E-state index contributed by atoms with van der Waals surface area (Å²) in [6, 6.07) is 16.7. The van der Waals surface area contributed by atoms with Crippen LogP contribution in [-0.2, 0) is 4.79 Å². The quantitative estimate of drug-likeness (QED) is 0.443. The van der Waals surface area contributed by atoms with Gasteiger partial charge in [0.25, 0.3) is 0 Å². The van der Waals surface area contributed by atoms with Crippen LogP contribution in [0, 0.1) is 6.92 Å². The number of pyridine rings is 2. The van der Waals surface area contributed by atoms with Gasteiger partial charge in [0.05, 0.1) is 19.7 Å². The first-order valence-corrected chi connectivity index (χ1v) is 10.0. The topological polar surface area (TPSA) is 82.6 Å². The number of anilines is 1. The number of nitrogens with zero attached hydrogens (tertiary/aromatic N) is 2. The van der Waals surface area contributed by atoms with Crippen molar-refractivity contribution in [1.82, 2.24) is 9.97 Å². The fourth-order valence-electron chi connectivity index (χ4n) is 3.44. The van der Waals surface area contributed by atoms with Crippen LogP contribution < -0.4 is 19.5 Å². The van der Waals surface area contributed by atoms with E-state index in [9.17, 15) is 4.79 Å². The van der Waals surface area contributed by atoms with Crippen LogP contribution in [0.2, 0.25) is 0 Å². The number of hydrogen-bond donors (Lipinski definition) is 1. The second-order valence-corrected chi connectivity index (χ2v) is 7.20. The highest BCUT2D eigenvalue weighted by atomic mass is 16.5. The lowest BCUT2D eigenvalue weighted by atomic mass is 10.1. The molecule has 2 aromatic heterocycles. The van der Waals surface area contributed by atoms with Gasteiger partial charge in [0, 0.05) is 41.5 Å². The van der Waals surface area contributed by atoms with Crippen molar-refractivity contribution in [1.29, 1.82) is 0 Å². The third-order valence-electron chi connectivity index (χ3n) is 4.88. The summed E-state index contributed by atoms with van der Waals surface area (Å²) in [5, 5.41) is 3.59. The summed E-state index contributed by atoms with van der Waals surface area (Å²) >= 11 is 0. The number of carbonyl (C=O) groups is 1. The standard InChI is InChI=1S/C25H23N3O4/c1-15-8-9-22(25(27-15)17-6-5-7-18(12-17)28-16(2)29)32-21-10-11-26-20-14-24(31-4)23(30-3)13-19(20)21/h5-14H,1-4H3,(H,28,29). The third-order valence-corrected chi connectivity index (χ3v) is 4.88. The number of methoxy groups -OCH3 is 2. The van der Waals surface area contributed by atoms with E-state index in [2.05, 4.69) is 10.3 Å². The molecule has 1 N–H and O–H groups in total. The van der Waals surface area contributed by atoms with Gasteiger partial charge in [-0.3, -0.25) is 9.78 Å². The molecule has 0 unspecified atom stereocenters. The van der Waals surface area contributed by atoms with Crippen LogP contribution >= 0.6 is 0 Å². The molecule has 1 amide bonds. The number of fused-ring (bicyclic) bond motifs is 1. The maximum atomic E-state index is 11.5. The maximum absolute atomic E-state index is 11.5. The summed E-state index contributed by atoms with van der Waals surface area (Å²) in [5.74, 6) is 2.24. The number of nitrogens with one attached hydrogen (secondary N) is 1. The number of aryl methyl sites for hydroxylation is 1. The van der Waals surface area contributed by atoms with Gasteiger partial charge in [0.2, 0.25) is 5.91 Å². The van der Waals surface area contributed by atoms with Gasteiger partial charge in [0.1, 0.15) is 11.4 Å². The summed E-state index contributed by atoms with van der Waals surface area (Å²) in [4.78, 5) is 20.6. The predicted octanol–water partition coefficient (Wildman–Crippen LogP) is 5.37. The number of rotatable bonds is 6. The lowest BCUT2D eigenvalue weighted by Gasteiger charge is -2.15. The minimum absolute atomic E-state index is 0.136. The lowest BCUT2D eigenvalue weighted by Crippen LogP contribution is -2.05. The SMILES string of the molecule is COc1cc2nccc(Oc3ccc(C)nc3-c3cccc(NC(C)=O)c3)c2cc1OC. The van der Waals surface area contributed by atoms with Crippen LogP contribution in [0.4, 0.5) is 5.69 Å². The van der Waals surface area contributed by atoms with Crippen LogP contribution in [0.3, 0.4) is 0 Å². The van der Waals surface area contributed by atoms with Crippen LogP contribution in [0.1, 0.15) is 12.6 Å². The van der Waals surface area contributed by atoms with Crippen molar-refractivity contribution in [3.8, 4) is 34.3 Å². The lowest BCUT2D eigenvalue weighted by molar-refractivity contribution is -0.114. The van der Waals surface area contributed by atoms with E-state index in [1.54, 1.807) is 26.5 Å². The van der Waals surface area contributed by atoms with Gasteiger partial charge in [-0.1, -0.05) is 12.1 Å². The second kappa shape index (κ2) is 8.93. The van der Waals surface area contributed by atoms with Gasteiger partial charge in [-0.25, -0.2) is 4.98 Å². The first kappa shape index (κ1) is 21.1. The normalized spacial score (nSPS) is 10.6. The highest BCUT2D eigenvalue weighted by molar-refractivity contribution is 5.90. The Morgan fingerprint density at radius 1 is 0.906 bits per heavy atom. The second-order valence-electron chi connectivity index (χ2n) is 7.20. The van der Waals surface area contributed by atoms with Crippen molar-refractivity contribution in [3.05, 3.63) is 66.5 Å². The first-order valence-electron chi connectivity index (χ1n) is 10.0. The van der Waals surface area contributed by atoms with E-state index < -0.39 is 0 Å². The van der Waals surface area contributed by atoms with Gasteiger partial charge in [-0.2, -0.15) is 0 Å². The summed E-state index contributed by atoms with van der Waals surface area (Å²) in [6.07, 6.45) is 1.68. The molecular formula is C25H23N3O4. The molecule has 4 rings (SSSR count). The Hall–Kier alpha value is -4.13. The van der Waals surface area contributed by atoms with Gasteiger partial charge >= 0.3 is 0 Å². The fraction of sp³-hybridized carbons (Fsp3) is 0.160. The van der Waals surface area contributed by atoms with Gasteiger partial charge in [-0.15, -0.1) is 0 Å². The summed E-state index contributed by atoms with van der Waals surface area (Å²) in [6.45, 7) is 3.40. The highest BCUT2D eigenvalue weighted by Gasteiger charge is 2.15. The van der Waals surface area contributed by atoms with Crippen LogP contribution in [-0.4, -0.2) is 30.1 Å². The summed E-state index contributed by atoms with van der Waals surface area (Å²) < 4.78 is 17.2. The highest BCUT2D eigenvalue weighted by Crippen LogP contribution is 2.39. The van der Waals surface area contributed by atoms with Crippen LogP contribution in [0.5, 0.6) is 23.0 Å². The first-order chi connectivity index (χ1) is 15.5. The molecule has 0 aliphatic heterocycles. The molecule has 0 saturated heterocycles. The van der Waals surface area contributed by atoms with E-state index in [4.69, 9.17) is 19.2 Å². The number of benzene rings is 2. The van der Waals surface area contributed by atoms with Crippen LogP contribution in [0.25, 0.3) is 22.2 Å². The molecule has 0 aliphatic carbocycles. The molecule has 2 aromatic carbocycles. The zero-order chi connectivity index (χ0) is 22.7. The monoisotopic (exact) mass is 429 g/mol. The minimum Gasteiger partial charge on any atom is -0.493 e. The van der Waals surface area contributed by atoms with Gasteiger partial charge in [-0.05, 0) is 43.3 Å². The molecular weight excluding hydrogens is 406 g/mol. The Morgan fingerprint density at radius 3 is 2.44 bits per heavy atom. The number of aromatic nitrogens is 2. The molecule has 0 saturated carbocycles. The van der Waals surface area contributed by atoms with Crippen molar-refractivity contribution >= 4 is 22.5 Å². The van der Waals surface area contributed by atoms with Crippen molar-refractivity contribution in [2.75, 3.05) is 19.5 Å². The molecule has 4 aromatic rings. The number of carbonyl (C=O) groups excluding carboxylic acids is 1. The number of amides is 1. The molecule has 0 aliphatic rings. The van der Waals surface area contributed by atoms with E-state index in [1.165, 1.54) is 6.92 Å². The Morgan fingerprint density at radius 2 is 1.69 bits per heavy atom. The molecule has 0 radical (unpaired) electrons. The van der Waals surface area contributed by atoms with E-state index >= 15 is 0 Å². The zero-order valence-electron chi connectivity index (χ0n) is 18.3. The molecule has 7 nitrogen and oxygen atoms in total. The largest absolute Gasteiger partial charge is 0.493 e. The molecule has 162 valence electrons. The molecule has 7 heteroatoms. The molecule has 0 bridgehead atoms. The Bertz CT molecular complexity index is 1300. The molecule has 2 heterocycles. The summed E-state index contributed by atoms with van der Waals surface area (Å²) in [5.41, 5.74) is 3.75. The van der Waals surface area contributed by atoms with E-state index in [-0.39, 0.29) is 5.91 Å². The zero-order valence-corrected chi connectivity index (χ0v) is 18.3. The smallest absolute Gasteiger partial charge is 0.221 e. The minimum atomic E-state index is -0.136. The Labute approximate surface area is 186 Å². The van der Waals surface area contributed by atoms with Crippen molar-refractivity contribution in [2.24, 2.45) is 0 Å². The molecule has 0 spiro atoms. The van der Waals surface area contributed by atoms with E-state index in [0.717, 1.165) is 22.2 Å². The number of ether oxygens (including phenoxy) is 3. The molecule has 0 fully saturated rings. The maximum Gasteiger partial charge on any atom is 0.221 e. The average Bonchev–Trinajstić information content (AvgIpc) is 2.79. The number of hydrogen-bond acceptors (Lipinski definition) is 6. The third kappa shape index (κ3) is 4.32. The van der Waals surface area contributed by atoms with Crippen molar-refractivity contribution < 1.29 is 19.0 Å². The molecule has 0 atom stereocenters. The van der Waals surface area contributed by atoms with Gasteiger partial charge in [0.15, 0.2) is 17.2 Å². The van der Waals surface area contributed by atoms with Crippen molar-refractivity contribution in [3.63, 3.8) is 0 Å². The average molecular weight is 429 g/mol. The van der Waals surface area contributed by atoms with Crippen molar-refractivity contribution in [2.45, 2.75) is 13.8 Å².